The Hall–Kier alpha value is -2.27. The van der Waals surface area contributed by atoms with Gasteiger partial charge in [-0.15, -0.1) is 0 Å². The Morgan fingerprint density at radius 1 is 1.19 bits per heavy atom. The normalized spacial score (nSPS) is 12.0. The number of rotatable bonds is 4. The number of hydrogen-bond donors (Lipinski definition) is 2. The van der Waals surface area contributed by atoms with Crippen molar-refractivity contribution >= 4 is 5.91 Å². The third-order valence-electron chi connectivity index (χ3n) is 3.15. The van der Waals surface area contributed by atoms with Crippen molar-refractivity contribution in [2.24, 2.45) is 0 Å². The highest BCUT2D eigenvalue weighted by molar-refractivity contribution is 5.94. The van der Waals surface area contributed by atoms with Crippen molar-refractivity contribution in [3.8, 4) is 0 Å². The SMILES string of the molecule is Cc1ccc(C(=O)NCC(O)c2ccccc2F)cc1F. The first-order chi connectivity index (χ1) is 9.99. The Labute approximate surface area is 121 Å². The molecule has 21 heavy (non-hydrogen) atoms. The summed E-state index contributed by atoms with van der Waals surface area (Å²) in [6.45, 7) is 1.44. The molecule has 5 heteroatoms. The van der Waals surface area contributed by atoms with Gasteiger partial charge in [0.1, 0.15) is 11.6 Å². The average molecular weight is 291 g/mol. The number of hydrogen-bond acceptors (Lipinski definition) is 2. The minimum atomic E-state index is -1.16. The van der Waals surface area contributed by atoms with E-state index in [1.165, 1.54) is 30.3 Å². The van der Waals surface area contributed by atoms with E-state index in [1.807, 2.05) is 0 Å². The van der Waals surface area contributed by atoms with E-state index < -0.39 is 23.6 Å². The van der Waals surface area contributed by atoms with Gasteiger partial charge >= 0.3 is 0 Å². The molecule has 1 amide bonds. The van der Waals surface area contributed by atoms with Crippen LogP contribution < -0.4 is 5.32 Å². The van der Waals surface area contributed by atoms with E-state index in [0.717, 1.165) is 6.07 Å². The van der Waals surface area contributed by atoms with Gasteiger partial charge in [0.2, 0.25) is 0 Å². The van der Waals surface area contributed by atoms with Gasteiger partial charge in [-0.1, -0.05) is 24.3 Å². The molecule has 2 aromatic rings. The zero-order valence-electron chi connectivity index (χ0n) is 11.4. The molecule has 0 aliphatic heterocycles. The molecule has 110 valence electrons. The number of carbonyl (C=O) groups is 1. The Morgan fingerprint density at radius 2 is 1.90 bits per heavy atom. The Balaban J connectivity index is 2.01. The van der Waals surface area contributed by atoms with Crippen molar-refractivity contribution in [1.29, 1.82) is 0 Å². The molecule has 0 aliphatic carbocycles. The largest absolute Gasteiger partial charge is 0.386 e. The van der Waals surface area contributed by atoms with Gasteiger partial charge in [0.25, 0.3) is 5.91 Å². The molecule has 2 aromatic carbocycles. The smallest absolute Gasteiger partial charge is 0.251 e. The molecule has 0 saturated carbocycles. The predicted molar refractivity (Wildman–Crippen MR) is 74.8 cm³/mol. The van der Waals surface area contributed by atoms with Crippen molar-refractivity contribution in [3.63, 3.8) is 0 Å². The van der Waals surface area contributed by atoms with Crippen LogP contribution in [-0.2, 0) is 0 Å². The quantitative estimate of drug-likeness (QED) is 0.910. The zero-order valence-corrected chi connectivity index (χ0v) is 11.4. The summed E-state index contributed by atoms with van der Waals surface area (Å²) in [5.74, 6) is -1.54. The number of carbonyl (C=O) groups excluding carboxylic acids is 1. The summed E-state index contributed by atoms with van der Waals surface area (Å²) < 4.78 is 26.8. The van der Waals surface area contributed by atoms with Crippen LogP contribution in [0.1, 0.15) is 27.6 Å². The van der Waals surface area contributed by atoms with E-state index in [1.54, 1.807) is 13.0 Å². The lowest BCUT2D eigenvalue weighted by molar-refractivity contribution is 0.0913. The topological polar surface area (TPSA) is 49.3 Å². The highest BCUT2D eigenvalue weighted by Crippen LogP contribution is 2.16. The van der Waals surface area contributed by atoms with Gasteiger partial charge in [0.05, 0.1) is 6.10 Å². The average Bonchev–Trinajstić information content (AvgIpc) is 2.47. The lowest BCUT2D eigenvalue weighted by atomic mass is 10.1. The third kappa shape index (κ3) is 3.64. The van der Waals surface area contributed by atoms with Crippen LogP contribution in [0.5, 0.6) is 0 Å². The van der Waals surface area contributed by atoms with Crippen molar-refractivity contribution in [2.75, 3.05) is 6.54 Å². The van der Waals surface area contributed by atoms with Gasteiger partial charge in [0, 0.05) is 17.7 Å². The van der Waals surface area contributed by atoms with Crippen LogP contribution in [0.25, 0.3) is 0 Å². The molecule has 0 heterocycles. The van der Waals surface area contributed by atoms with Gasteiger partial charge in [-0.25, -0.2) is 8.78 Å². The maximum atomic E-state index is 13.5. The fourth-order valence-corrected chi connectivity index (χ4v) is 1.88. The van der Waals surface area contributed by atoms with Crippen LogP contribution in [0.4, 0.5) is 8.78 Å². The van der Waals surface area contributed by atoms with E-state index in [-0.39, 0.29) is 17.7 Å². The Kier molecular flexibility index (Phi) is 4.65. The first-order valence-electron chi connectivity index (χ1n) is 6.46. The van der Waals surface area contributed by atoms with Crippen molar-refractivity contribution in [2.45, 2.75) is 13.0 Å². The fourth-order valence-electron chi connectivity index (χ4n) is 1.88. The molecule has 1 unspecified atom stereocenters. The number of aliphatic hydroxyl groups excluding tert-OH is 1. The van der Waals surface area contributed by atoms with Crippen LogP contribution in [0, 0.1) is 18.6 Å². The number of nitrogens with one attached hydrogen (secondary N) is 1. The number of halogens is 2. The van der Waals surface area contributed by atoms with Crippen LogP contribution >= 0.6 is 0 Å². The van der Waals surface area contributed by atoms with Gasteiger partial charge in [-0.05, 0) is 30.7 Å². The molecule has 0 radical (unpaired) electrons. The lowest BCUT2D eigenvalue weighted by Crippen LogP contribution is -2.28. The molecular formula is C16H15F2NO2. The third-order valence-corrected chi connectivity index (χ3v) is 3.15. The molecule has 3 nitrogen and oxygen atoms in total. The van der Waals surface area contributed by atoms with Crippen LogP contribution in [-0.4, -0.2) is 17.6 Å². The fraction of sp³-hybridized carbons (Fsp3) is 0.188. The summed E-state index contributed by atoms with van der Waals surface area (Å²) >= 11 is 0. The molecule has 2 N–H and O–H groups in total. The predicted octanol–water partition coefficient (Wildman–Crippen LogP) is 2.74. The number of aliphatic hydroxyl groups is 1. The van der Waals surface area contributed by atoms with E-state index >= 15 is 0 Å². The lowest BCUT2D eigenvalue weighted by Gasteiger charge is -2.13. The first-order valence-corrected chi connectivity index (χ1v) is 6.46. The van der Waals surface area contributed by atoms with Crippen molar-refractivity contribution < 1.29 is 18.7 Å². The van der Waals surface area contributed by atoms with Crippen LogP contribution in [0.3, 0.4) is 0 Å². The molecule has 0 saturated heterocycles. The zero-order chi connectivity index (χ0) is 15.4. The van der Waals surface area contributed by atoms with Gasteiger partial charge < -0.3 is 10.4 Å². The molecule has 1 atom stereocenters. The summed E-state index contributed by atoms with van der Waals surface area (Å²) in [7, 11) is 0. The molecular weight excluding hydrogens is 276 g/mol. The Bertz CT molecular complexity index is 658. The van der Waals surface area contributed by atoms with Crippen molar-refractivity contribution in [1.82, 2.24) is 5.32 Å². The van der Waals surface area contributed by atoms with Crippen LogP contribution in [0.2, 0.25) is 0 Å². The molecule has 2 rings (SSSR count). The van der Waals surface area contributed by atoms with E-state index in [4.69, 9.17) is 0 Å². The molecule has 0 spiro atoms. The molecule has 0 aromatic heterocycles. The second kappa shape index (κ2) is 6.45. The summed E-state index contributed by atoms with van der Waals surface area (Å²) in [5, 5.41) is 12.3. The van der Waals surface area contributed by atoms with Crippen LogP contribution in [0.15, 0.2) is 42.5 Å². The minimum absolute atomic E-state index is 0.105. The number of amides is 1. The standard InChI is InChI=1S/C16H15F2NO2/c1-10-6-7-11(8-14(10)18)16(21)19-9-15(20)12-4-2-3-5-13(12)17/h2-8,15,20H,9H2,1H3,(H,19,21). The number of aryl methyl sites for hydroxylation is 1. The molecule has 0 bridgehead atoms. The van der Waals surface area contributed by atoms with E-state index in [0.29, 0.717) is 5.56 Å². The van der Waals surface area contributed by atoms with E-state index in [9.17, 15) is 18.7 Å². The minimum Gasteiger partial charge on any atom is -0.386 e. The maximum Gasteiger partial charge on any atom is 0.251 e. The monoisotopic (exact) mass is 291 g/mol. The van der Waals surface area contributed by atoms with E-state index in [2.05, 4.69) is 5.32 Å². The highest BCUT2D eigenvalue weighted by Gasteiger charge is 2.14. The Morgan fingerprint density at radius 3 is 2.57 bits per heavy atom. The molecule has 0 fully saturated rings. The maximum absolute atomic E-state index is 13.5. The van der Waals surface area contributed by atoms with Gasteiger partial charge in [-0.3, -0.25) is 4.79 Å². The second-order valence-electron chi connectivity index (χ2n) is 4.71. The van der Waals surface area contributed by atoms with Gasteiger partial charge in [-0.2, -0.15) is 0 Å². The number of benzene rings is 2. The van der Waals surface area contributed by atoms with Crippen molar-refractivity contribution in [3.05, 3.63) is 70.8 Å². The summed E-state index contributed by atoms with van der Waals surface area (Å²) in [4.78, 5) is 11.8. The second-order valence-corrected chi connectivity index (χ2v) is 4.71. The summed E-state index contributed by atoms with van der Waals surface area (Å²) in [5.41, 5.74) is 0.699. The first kappa shape index (κ1) is 15.1. The summed E-state index contributed by atoms with van der Waals surface area (Å²) in [6, 6.07) is 9.90. The van der Waals surface area contributed by atoms with Gasteiger partial charge in [0.15, 0.2) is 0 Å². The summed E-state index contributed by atoms with van der Waals surface area (Å²) in [6.07, 6.45) is -1.16. The molecule has 0 aliphatic rings. The highest BCUT2D eigenvalue weighted by atomic mass is 19.1.